The second-order valence-corrected chi connectivity index (χ2v) is 7.57. The van der Waals surface area contributed by atoms with Crippen LogP contribution in [-0.4, -0.2) is 41.3 Å². The van der Waals surface area contributed by atoms with E-state index < -0.39 is 12.2 Å². The number of aryl methyl sites for hydroxylation is 1. The summed E-state index contributed by atoms with van der Waals surface area (Å²) in [6.07, 6.45) is 10.1. The quantitative estimate of drug-likeness (QED) is 0.338. The Bertz CT molecular complexity index is 694. The van der Waals surface area contributed by atoms with Gasteiger partial charge in [-0.05, 0) is 37.7 Å². The van der Waals surface area contributed by atoms with Crippen LogP contribution in [0.3, 0.4) is 0 Å². The minimum atomic E-state index is -0.696. The standard InChI is InChI=1S/C24H32O5/c1-29-24(28)12-8-3-2-7-11-20-21(23(27)17-22(20)26)16-15-19(25)14-13-18-9-5-4-6-10-18/h2,4-7,9-10,15-16,19-21,23,25,27H,3,8,11-14,17H2,1H3/t19-,20+,21+,23+/m0/s1. The van der Waals surface area contributed by atoms with Gasteiger partial charge in [0.1, 0.15) is 5.78 Å². The second-order valence-electron chi connectivity index (χ2n) is 7.57. The van der Waals surface area contributed by atoms with E-state index in [9.17, 15) is 19.8 Å². The van der Waals surface area contributed by atoms with E-state index in [1.54, 1.807) is 12.2 Å². The van der Waals surface area contributed by atoms with Crippen LogP contribution in [0.15, 0.2) is 54.6 Å². The summed E-state index contributed by atoms with van der Waals surface area (Å²) in [4.78, 5) is 23.3. The number of esters is 1. The Hall–Kier alpha value is -2.24. The molecule has 0 aliphatic heterocycles. The molecule has 0 heterocycles. The number of allylic oxidation sites excluding steroid dienone is 2. The van der Waals surface area contributed by atoms with E-state index in [4.69, 9.17) is 0 Å². The molecule has 29 heavy (non-hydrogen) atoms. The van der Waals surface area contributed by atoms with E-state index in [0.717, 1.165) is 12.8 Å². The molecule has 1 aromatic rings. The predicted molar refractivity (Wildman–Crippen MR) is 112 cm³/mol. The molecule has 2 N–H and O–H groups in total. The molecule has 0 unspecified atom stereocenters. The van der Waals surface area contributed by atoms with Crippen LogP contribution in [0.25, 0.3) is 0 Å². The summed E-state index contributed by atoms with van der Waals surface area (Å²) in [6, 6.07) is 9.98. The fourth-order valence-electron chi connectivity index (χ4n) is 3.67. The molecule has 0 bridgehead atoms. The Labute approximate surface area is 173 Å². The maximum atomic E-state index is 12.2. The zero-order chi connectivity index (χ0) is 21.1. The van der Waals surface area contributed by atoms with Gasteiger partial charge in [-0.3, -0.25) is 9.59 Å². The Morgan fingerprint density at radius 1 is 1.28 bits per heavy atom. The first-order valence-electron chi connectivity index (χ1n) is 10.3. The fourth-order valence-corrected chi connectivity index (χ4v) is 3.67. The molecule has 5 nitrogen and oxygen atoms in total. The van der Waals surface area contributed by atoms with E-state index in [0.29, 0.717) is 25.7 Å². The van der Waals surface area contributed by atoms with Gasteiger partial charge >= 0.3 is 5.97 Å². The molecule has 4 atom stereocenters. The molecule has 1 aliphatic carbocycles. The number of unbranched alkanes of at least 4 members (excludes halogenated alkanes) is 1. The van der Waals surface area contributed by atoms with Crippen LogP contribution in [-0.2, 0) is 20.7 Å². The predicted octanol–water partition coefficient (Wildman–Crippen LogP) is 3.39. The third-order valence-corrected chi connectivity index (χ3v) is 5.40. The van der Waals surface area contributed by atoms with Gasteiger partial charge < -0.3 is 14.9 Å². The molecule has 0 spiro atoms. The first kappa shape index (κ1) is 23.0. The monoisotopic (exact) mass is 400 g/mol. The van der Waals surface area contributed by atoms with Gasteiger partial charge in [0.05, 0.1) is 19.3 Å². The summed E-state index contributed by atoms with van der Waals surface area (Å²) in [5.41, 5.74) is 1.17. The first-order valence-corrected chi connectivity index (χ1v) is 10.3. The third-order valence-electron chi connectivity index (χ3n) is 5.40. The Kier molecular flexibility index (Phi) is 9.81. The molecule has 1 aromatic carbocycles. The maximum Gasteiger partial charge on any atom is 0.305 e. The van der Waals surface area contributed by atoms with Gasteiger partial charge in [-0.25, -0.2) is 0 Å². The summed E-state index contributed by atoms with van der Waals surface area (Å²) in [5.74, 6) is -0.693. The van der Waals surface area contributed by atoms with E-state index in [1.807, 2.05) is 42.5 Å². The Balaban J connectivity index is 1.81. The van der Waals surface area contributed by atoms with Gasteiger partial charge in [0.25, 0.3) is 0 Å². The number of hydrogen-bond donors (Lipinski definition) is 2. The van der Waals surface area contributed by atoms with Gasteiger partial charge in [0, 0.05) is 24.7 Å². The molecular formula is C24H32O5. The molecule has 2 rings (SSSR count). The van der Waals surface area contributed by atoms with Crippen LogP contribution >= 0.6 is 0 Å². The highest BCUT2D eigenvalue weighted by molar-refractivity contribution is 5.84. The summed E-state index contributed by atoms with van der Waals surface area (Å²) < 4.78 is 4.60. The maximum absolute atomic E-state index is 12.2. The molecule has 0 amide bonds. The van der Waals surface area contributed by atoms with Crippen molar-refractivity contribution in [1.29, 1.82) is 0 Å². The van der Waals surface area contributed by atoms with Crippen LogP contribution in [0.1, 0.15) is 44.1 Å². The van der Waals surface area contributed by atoms with Crippen LogP contribution in [0.2, 0.25) is 0 Å². The average Bonchev–Trinajstić information content (AvgIpc) is 3.00. The number of ether oxygens (including phenoxy) is 1. The topological polar surface area (TPSA) is 83.8 Å². The largest absolute Gasteiger partial charge is 0.469 e. The number of ketones is 1. The highest BCUT2D eigenvalue weighted by Crippen LogP contribution is 2.33. The van der Waals surface area contributed by atoms with Crippen molar-refractivity contribution in [2.24, 2.45) is 11.8 Å². The van der Waals surface area contributed by atoms with Gasteiger partial charge in [0.2, 0.25) is 0 Å². The number of methoxy groups -OCH3 is 1. The highest BCUT2D eigenvalue weighted by Gasteiger charge is 2.39. The fraction of sp³-hybridized carbons (Fsp3) is 0.500. The lowest BCUT2D eigenvalue weighted by Gasteiger charge is -2.16. The van der Waals surface area contributed by atoms with E-state index >= 15 is 0 Å². The minimum Gasteiger partial charge on any atom is -0.469 e. The van der Waals surface area contributed by atoms with Crippen molar-refractivity contribution in [3.05, 3.63) is 60.2 Å². The molecule has 158 valence electrons. The molecule has 0 aromatic heterocycles. The third kappa shape index (κ3) is 7.95. The number of carbonyl (C=O) groups is 2. The van der Waals surface area contributed by atoms with E-state index in [2.05, 4.69) is 4.74 Å². The molecule has 1 aliphatic rings. The highest BCUT2D eigenvalue weighted by atomic mass is 16.5. The van der Waals surface area contributed by atoms with Crippen molar-refractivity contribution in [3.63, 3.8) is 0 Å². The van der Waals surface area contributed by atoms with E-state index in [1.165, 1.54) is 12.7 Å². The van der Waals surface area contributed by atoms with Crippen molar-refractivity contribution in [2.45, 2.75) is 57.2 Å². The lowest BCUT2D eigenvalue weighted by Crippen LogP contribution is -2.19. The average molecular weight is 401 g/mol. The van der Waals surface area contributed by atoms with Crippen molar-refractivity contribution in [2.75, 3.05) is 7.11 Å². The zero-order valence-corrected chi connectivity index (χ0v) is 17.1. The summed E-state index contributed by atoms with van der Waals surface area (Å²) in [5, 5.41) is 20.5. The van der Waals surface area contributed by atoms with Crippen molar-refractivity contribution in [1.82, 2.24) is 0 Å². The number of hydrogen-bond acceptors (Lipinski definition) is 5. The normalized spacial score (nSPS) is 23.1. The van der Waals surface area contributed by atoms with Crippen molar-refractivity contribution < 1.29 is 24.5 Å². The number of aliphatic hydroxyl groups excluding tert-OH is 2. The minimum absolute atomic E-state index is 0.0603. The number of carbonyl (C=O) groups excluding carboxylic acids is 2. The summed E-state index contributed by atoms with van der Waals surface area (Å²) in [7, 11) is 1.38. The SMILES string of the molecule is COC(=O)CCCC=CC[C@H]1C(=O)C[C@@H](O)[C@@H]1C=C[C@@H](O)CCc1ccccc1. The molecule has 0 radical (unpaired) electrons. The lowest BCUT2D eigenvalue weighted by atomic mass is 9.90. The first-order chi connectivity index (χ1) is 14.0. The smallest absolute Gasteiger partial charge is 0.305 e. The summed E-state index contributed by atoms with van der Waals surface area (Å²) >= 11 is 0. The molecule has 0 saturated heterocycles. The zero-order valence-electron chi connectivity index (χ0n) is 17.1. The van der Waals surface area contributed by atoms with Crippen molar-refractivity contribution in [3.8, 4) is 0 Å². The molecule has 5 heteroatoms. The van der Waals surface area contributed by atoms with Crippen LogP contribution < -0.4 is 0 Å². The van der Waals surface area contributed by atoms with Gasteiger partial charge in [0.15, 0.2) is 0 Å². The second kappa shape index (κ2) is 12.3. The number of rotatable bonds is 11. The molecular weight excluding hydrogens is 368 g/mol. The van der Waals surface area contributed by atoms with Crippen LogP contribution in [0.4, 0.5) is 0 Å². The lowest BCUT2D eigenvalue weighted by molar-refractivity contribution is -0.140. The van der Waals surface area contributed by atoms with Gasteiger partial charge in [-0.1, -0.05) is 54.6 Å². The number of aliphatic hydroxyl groups is 2. The van der Waals surface area contributed by atoms with Gasteiger partial charge in [-0.15, -0.1) is 0 Å². The molecule has 1 fully saturated rings. The van der Waals surface area contributed by atoms with Crippen LogP contribution in [0, 0.1) is 11.8 Å². The van der Waals surface area contributed by atoms with Crippen molar-refractivity contribution >= 4 is 11.8 Å². The van der Waals surface area contributed by atoms with Gasteiger partial charge in [-0.2, -0.15) is 0 Å². The van der Waals surface area contributed by atoms with E-state index in [-0.39, 0.29) is 30.0 Å². The Morgan fingerprint density at radius 2 is 2.03 bits per heavy atom. The van der Waals surface area contributed by atoms with Crippen LogP contribution in [0.5, 0.6) is 0 Å². The summed E-state index contributed by atoms with van der Waals surface area (Å²) in [6.45, 7) is 0. The Morgan fingerprint density at radius 3 is 2.76 bits per heavy atom. The molecule has 1 saturated carbocycles. The number of benzene rings is 1. The number of Topliss-reactive ketones (excluding diaryl/α,β-unsaturated/α-hetero) is 1.